The Morgan fingerprint density at radius 2 is 1.85 bits per heavy atom. The summed E-state index contributed by atoms with van der Waals surface area (Å²) in [5.41, 5.74) is 0.928. The van der Waals surface area contributed by atoms with Crippen LogP contribution in [0.2, 0.25) is 0 Å². The second-order valence-electron chi connectivity index (χ2n) is 6.38. The third-order valence-electron chi connectivity index (χ3n) is 4.84. The van der Waals surface area contributed by atoms with Gasteiger partial charge >= 0.3 is 6.03 Å². The van der Waals surface area contributed by atoms with E-state index < -0.39 is 11.8 Å². The summed E-state index contributed by atoms with van der Waals surface area (Å²) in [5, 5.41) is 5.45. The lowest BCUT2D eigenvalue weighted by molar-refractivity contribution is 0.0500. The van der Waals surface area contributed by atoms with Crippen LogP contribution < -0.4 is 15.4 Å². The van der Waals surface area contributed by atoms with Crippen molar-refractivity contribution in [3.8, 4) is 5.75 Å². The molecule has 2 aromatic rings. The molecule has 0 atom stereocenters. The molecule has 0 unspecified atom stereocenters. The Morgan fingerprint density at radius 1 is 1.15 bits per heavy atom. The molecule has 0 radical (unpaired) electrons. The fraction of sp³-hybridized carbons (Fsp3) is 0.350. The maximum Gasteiger partial charge on any atom is 0.319 e. The van der Waals surface area contributed by atoms with E-state index >= 15 is 0 Å². The van der Waals surface area contributed by atoms with E-state index in [0.29, 0.717) is 19.8 Å². The van der Waals surface area contributed by atoms with Gasteiger partial charge in [0, 0.05) is 30.7 Å². The molecular formula is C20H23FN2O3. The molecule has 138 valence electrons. The fourth-order valence-electron chi connectivity index (χ4n) is 3.36. The number of benzene rings is 2. The highest BCUT2D eigenvalue weighted by Gasteiger charge is 2.37. The van der Waals surface area contributed by atoms with Gasteiger partial charge in [0.1, 0.15) is 11.6 Å². The van der Waals surface area contributed by atoms with E-state index in [1.807, 2.05) is 24.3 Å². The minimum absolute atomic E-state index is 0.156. The monoisotopic (exact) mass is 358 g/mol. The Balaban J connectivity index is 1.75. The quantitative estimate of drug-likeness (QED) is 0.857. The van der Waals surface area contributed by atoms with Crippen molar-refractivity contribution < 1.29 is 18.7 Å². The number of hydrogen-bond acceptors (Lipinski definition) is 3. The van der Waals surface area contributed by atoms with Gasteiger partial charge in [-0.2, -0.15) is 0 Å². The van der Waals surface area contributed by atoms with Crippen LogP contribution in [-0.4, -0.2) is 32.9 Å². The Kier molecular flexibility index (Phi) is 5.73. The lowest BCUT2D eigenvalue weighted by Gasteiger charge is -2.38. The molecule has 5 nitrogen and oxygen atoms in total. The molecule has 0 bridgehead atoms. The maximum absolute atomic E-state index is 13.7. The van der Waals surface area contributed by atoms with Crippen molar-refractivity contribution >= 4 is 11.7 Å². The maximum atomic E-state index is 13.7. The molecule has 6 heteroatoms. The molecule has 1 aliphatic rings. The van der Waals surface area contributed by atoms with E-state index in [-0.39, 0.29) is 11.1 Å². The predicted molar refractivity (Wildman–Crippen MR) is 98.1 cm³/mol. The lowest BCUT2D eigenvalue weighted by Crippen LogP contribution is -2.46. The van der Waals surface area contributed by atoms with Crippen LogP contribution in [0.5, 0.6) is 5.75 Å². The van der Waals surface area contributed by atoms with Crippen molar-refractivity contribution in [3.05, 3.63) is 59.9 Å². The van der Waals surface area contributed by atoms with Gasteiger partial charge in [-0.3, -0.25) is 0 Å². The number of ether oxygens (including phenoxy) is 2. The number of hydrogen-bond donors (Lipinski definition) is 2. The normalized spacial score (nSPS) is 15.9. The van der Waals surface area contributed by atoms with Crippen LogP contribution in [0.3, 0.4) is 0 Å². The van der Waals surface area contributed by atoms with Gasteiger partial charge in [0.2, 0.25) is 0 Å². The Bertz CT molecular complexity index is 760. The number of halogens is 1. The summed E-state index contributed by atoms with van der Waals surface area (Å²) in [6.07, 6.45) is 1.54. The van der Waals surface area contributed by atoms with Crippen LogP contribution in [0.25, 0.3) is 0 Å². The molecule has 3 rings (SSSR count). The molecule has 0 saturated carbocycles. The van der Waals surface area contributed by atoms with E-state index in [2.05, 4.69) is 10.6 Å². The number of methoxy groups -OCH3 is 1. The molecule has 2 N–H and O–H groups in total. The van der Waals surface area contributed by atoms with Crippen LogP contribution in [0, 0.1) is 5.82 Å². The van der Waals surface area contributed by atoms with Crippen molar-refractivity contribution in [1.82, 2.24) is 5.32 Å². The van der Waals surface area contributed by atoms with Crippen LogP contribution in [0.15, 0.2) is 48.5 Å². The van der Waals surface area contributed by atoms with E-state index in [1.54, 1.807) is 19.2 Å². The number of rotatable bonds is 5. The van der Waals surface area contributed by atoms with E-state index in [1.165, 1.54) is 12.1 Å². The van der Waals surface area contributed by atoms with Crippen molar-refractivity contribution in [3.63, 3.8) is 0 Å². The number of nitrogens with one attached hydrogen (secondary N) is 2. The summed E-state index contributed by atoms with van der Waals surface area (Å²) < 4.78 is 24.8. The first-order chi connectivity index (χ1) is 12.6. The van der Waals surface area contributed by atoms with Gasteiger partial charge in [-0.15, -0.1) is 0 Å². The zero-order valence-corrected chi connectivity index (χ0v) is 14.8. The fourth-order valence-corrected chi connectivity index (χ4v) is 3.36. The molecule has 0 aromatic heterocycles. The highest BCUT2D eigenvalue weighted by molar-refractivity contribution is 5.89. The zero-order chi connectivity index (χ0) is 18.4. The first kappa shape index (κ1) is 18.2. The number of anilines is 1. The lowest BCUT2D eigenvalue weighted by atomic mass is 9.73. The zero-order valence-electron chi connectivity index (χ0n) is 14.8. The Hall–Kier alpha value is -2.60. The molecule has 1 heterocycles. The van der Waals surface area contributed by atoms with Gasteiger partial charge in [-0.25, -0.2) is 9.18 Å². The molecule has 0 spiro atoms. The summed E-state index contributed by atoms with van der Waals surface area (Å²) in [7, 11) is 1.64. The second-order valence-corrected chi connectivity index (χ2v) is 6.38. The van der Waals surface area contributed by atoms with Gasteiger partial charge in [-0.05, 0) is 31.0 Å². The molecule has 2 amide bonds. The number of carbonyl (C=O) groups is 1. The van der Waals surface area contributed by atoms with Gasteiger partial charge in [0.15, 0.2) is 0 Å². The van der Waals surface area contributed by atoms with Gasteiger partial charge < -0.3 is 20.1 Å². The smallest absolute Gasteiger partial charge is 0.319 e. The Morgan fingerprint density at radius 3 is 2.58 bits per heavy atom. The van der Waals surface area contributed by atoms with E-state index in [0.717, 1.165) is 24.2 Å². The van der Waals surface area contributed by atoms with Gasteiger partial charge in [-0.1, -0.05) is 30.3 Å². The first-order valence-corrected chi connectivity index (χ1v) is 8.65. The molecular weight excluding hydrogens is 335 g/mol. The molecule has 2 aromatic carbocycles. The van der Waals surface area contributed by atoms with Crippen LogP contribution in [0.1, 0.15) is 18.4 Å². The predicted octanol–water partition coefficient (Wildman–Crippen LogP) is 3.70. The summed E-state index contributed by atoms with van der Waals surface area (Å²) in [5.74, 6) is 0.332. The highest BCUT2D eigenvalue weighted by atomic mass is 19.1. The minimum Gasteiger partial charge on any atom is -0.496 e. The van der Waals surface area contributed by atoms with Crippen molar-refractivity contribution in [2.24, 2.45) is 0 Å². The topological polar surface area (TPSA) is 59.6 Å². The van der Waals surface area contributed by atoms with Crippen molar-refractivity contribution in [2.75, 3.05) is 32.2 Å². The SMILES string of the molecule is COc1ccccc1C1(CNC(=O)Nc2ccccc2F)CCOCC1. The van der Waals surface area contributed by atoms with Crippen molar-refractivity contribution in [1.29, 1.82) is 0 Å². The molecule has 0 aliphatic carbocycles. The molecule has 1 saturated heterocycles. The van der Waals surface area contributed by atoms with Gasteiger partial charge in [0.25, 0.3) is 0 Å². The van der Waals surface area contributed by atoms with Crippen molar-refractivity contribution in [2.45, 2.75) is 18.3 Å². The summed E-state index contributed by atoms with van der Waals surface area (Å²) in [6.45, 7) is 1.65. The number of para-hydroxylation sites is 2. The average molecular weight is 358 g/mol. The summed E-state index contributed by atoms with van der Waals surface area (Å²) in [6, 6.07) is 13.5. The third kappa shape index (κ3) is 3.96. The molecule has 26 heavy (non-hydrogen) atoms. The largest absolute Gasteiger partial charge is 0.496 e. The molecule has 1 aliphatic heterocycles. The summed E-state index contributed by atoms with van der Waals surface area (Å²) >= 11 is 0. The van der Waals surface area contributed by atoms with E-state index in [4.69, 9.17) is 9.47 Å². The second kappa shape index (κ2) is 8.19. The van der Waals surface area contributed by atoms with Gasteiger partial charge in [0.05, 0.1) is 12.8 Å². The standard InChI is InChI=1S/C20H23FN2O3/c1-25-18-9-5-2-6-15(18)20(10-12-26-13-11-20)14-22-19(24)23-17-8-4-3-7-16(17)21/h2-9H,10-14H2,1H3,(H2,22,23,24). The minimum atomic E-state index is -0.465. The van der Waals surface area contributed by atoms with Crippen LogP contribution >= 0.6 is 0 Å². The third-order valence-corrected chi connectivity index (χ3v) is 4.84. The molecule has 1 fully saturated rings. The first-order valence-electron chi connectivity index (χ1n) is 8.65. The average Bonchev–Trinajstić information content (AvgIpc) is 2.69. The van der Waals surface area contributed by atoms with Crippen LogP contribution in [0.4, 0.5) is 14.9 Å². The van der Waals surface area contributed by atoms with E-state index in [9.17, 15) is 9.18 Å². The number of amides is 2. The number of carbonyl (C=O) groups excluding carboxylic acids is 1. The van der Waals surface area contributed by atoms with Crippen LogP contribution in [-0.2, 0) is 10.2 Å². The summed E-state index contributed by atoms with van der Waals surface area (Å²) in [4.78, 5) is 12.3. The Labute approximate surface area is 152 Å². The highest BCUT2D eigenvalue weighted by Crippen LogP contribution is 2.39. The number of urea groups is 1.